The van der Waals surface area contributed by atoms with Gasteiger partial charge in [-0.25, -0.2) is 0 Å². The average molecular weight is 409 g/mol. The number of para-hydroxylation sites is 1. The predicted octanol–water partition coefficient (Wildman–Crippen LogP) is 1.74. The van der Waals surface area contributed by atoms with E-state index in [-0.39, 0.29) is 11.5 Å². The molecular formula is C21H19N3O6. The Morgan fingerprint density at radius 2 is 1.57 bits per heavy atom. The minimum Gasteiger partial charge on any atom is -0.451 e. The molecule has 3 amide bonds. The molecule has 0 bridgehead atoms. The van der Waals surface area contributed by atoms with Crippen molar-refractivity contribution in [3.05, 3.63) is 54.1 Å². The van der Waals surface area contributed by atoms with Crippen LogP contribution in [-0.4, -0.2) is 42.1 Å². The average Bonchev–Trinajstić information content (AvgIpc) is 2.94. The van der Waals surface area contributed by atoms with Crippen LogP contribution in [0.3, 0.4) is 0 Å². The van der Waals surface area contributed by atoms with Gasteiger partial charge in [-0.05, 0) is 43.3 Å². The van der Waals surface area contributed by atoms with Crippen LogP contribution < -0.4 is 15.5 Å². The Balaban J connectivity index is 1.56. The number of carbonyl (C=O) groups excluding carboxylic acids is 5. The molecule has 154 valence electrons. The summed E-state index contributed by atoms with van der Waals surface area (Å²) in [6.45, 7) is 2.30. The number of ketones is 1. The van der Waals surface area contributed by atoms with E-state index in [0.717, 1.165) is 4.90 Å². The molecule has 0 unspecified atom stereocenters. The quantitative estimate of drug-likeness (QED) is 0.554. The third kappa shape index (κ3) is 4.52. The number of nitrogens with zero attached hydrogens (tertiary/aromatic N) is 1. The van der Waals surface area contributed by atoms with Crippen LogP contribution in [0.15, 0.2) is 48.5 Å². The number of anilines is 3. The van der Waals surface area contributed by atoms with Crippen LogP contribution in [0.2, 0.25) is 0 Å². The Hall–Kier alpha value is -4.01. The molecule has 0 saturated carbocycles. The topological polar surface area (TPSA) is 122 Å². The highest BCUT2D eigenvalue weighted by Gasteiger charge is 2.37. The van der Waals surface area contributed by atoms with Crippen molar-refractivity contribution < 1.29 is 28.7 Å². The molecule has 0 radical (unpaired) electrons. The summed E-state index contributed by atoms with van der Waals surface area (Å²) in [4.78, 5) is 60.6. The summed E-state index contributed by atoms with van der Waals surface area (Å²) in [5.74, 6) is -3.11. The number of esters is 1. The minimum absolute atomic E-state index is 0.215. The number of hydrogen-bond donors (Lipinski definition) is 2. The minimum atomic E-state index is -1.13. The van der Waals surface area contributed by atoms with E-state index in [1.54, 1.807) is 42.5 Å². The van der Waals surface area contributed by atoms with Crippen molar-refractivity contribution in [2.45, 2.75) is 20.0 Å². The third-order valence-electron chi connectivity index (χ3n) is 4.32. The molecule has 0 fully saturated rings. The fraction of sp³-hybridized carbons (Fsp3) is 0.190. The van der Waals surface area contributed by atoms with Crippen LogP contribution in [0, 0.1) is 0 Å². The van der Waals surface area contributed by atoms with Crippen molar-refractivity contribution in [1.29, 1.82) is 0 Å². The molecule has 30 heavy (non-hydrogen) atoms. The van der Waals surface area contributed by atoms with Gasteiger partial charge in [0.15, 0.2) is 6.10 Å². The van der Waals surface area contributed by atoms with Crippen LogP contribution in [0.5, 0.6) is 0 Å². The zero-order chi connectivity index (χ0) is 21.8. The summed E-state index contributed by atoms with van der Waals surface area (Å²) in [7, 11) is 0. The van der Waals surface area contributed by atoms with Crippen LogP contribution in [-0.2, 0) is 23.9 Å². The van der Waals surface area contributed by atoms with Gasteiger partial charge >= 0.3 is 5.97 Å². The van der Waals surface area contributed by atoms with Gasteiger partial charge in [0.1, 0.15) is 6.54 Å². The van der Waals surface area contributed by atoms with Gasteiger partial charge in [-0.3, -0.25) is 28.9 Å². The lowest BCUT2D eigenvalue weighted by atomic mass is 10.1. The fourth-order valence-electron chi connectivity index (χ4n) is 2.91. The number of ether oxygens (including phenoxy) is 1. The number of rotatable bonds is 6. The van der Waals surface area contributed by atoms with Gasteiger partial charge in [0, 0.05) is 18.3 Å². The third-order valence-corrected chi connectivity index (χ3v) is 4.32. The molecule has 2 aromatic rings. The molecule has 1 atom stereocenters. The SMILES string of the molecule is CC(=O)Nc1ccc(NC(=O)[C@H](C)OC(=O)CN2C(=O)C(=O)c3ccccc32)cc1. The molecule has 9 nitrogen and oxygen atoms in total. The van der Waals surface area contributed by atoms with E-state index in [2.05, 4.69) is 10.6 Å². The highest BCUT2D eigenvalue weighted by atomic mass is 16.5. The van der Waals surface area contributed by atoms with Crippen molar-refractivity contribution in [2.24, 2.45) is 0 Å². The predicted molar refractivity (Wildman–Crippen MR) is 108 cm³/mol. The first kappa shape index (κ1) is 20.7. The molecule has 0 spiro atoms. The van der Waals surface area contributed by atoms with Crippen molar-refractivity contribution in [2.75, 3.05) is 22.1 Å². The lowest BCUT2D eigenvalue weighted by Crippen LogP contribution is -2.38. The number of amides is 3. The Labute approximate surface area is 172 Å². The standard InChI is InChI=1S/C21H19N3O6/c1-12(20(28)23-15-9-7-14(8-10-15)22-13(2)25)30-18(26)11-24-17-6-4-3-5-16(17)19(27)21(24)29/h3-10,12H,11H2,1-2H3,(H,22,25)(H,23,28)/t12-/m0/s1. The molecule has 0 aliphatic carbocycles. The maximum Gasteiger partial charge on any atom is 0.326 e. The van der Waals surface area contributed by atoms with Crippen LogP contribution in [0.25, 0.3) is 0 Å². The molecule has 1 aliphatic rings. The van der Waals surface area contributed by atoms with E-state index in [1.807, 2.05) is 0 Å². The number of nitrogens with one attached hydrogen (secondary N) is 2. The van der Waals surface area contributed by atoms with E-state index in [0.29, 0.717) is 17.1 Å². The van der Waals surface area contributed by atoms with Crippen molar-refractivity contribution in [3.63, 3.8) is 0 Å². The van der Waals surface area contributed by atoms with Crippen molar-refractivity contribution in [3.8, 4) is 0 Å². The van der Waals surface area contributed by atoms with Crippen LogP contribution in [0.1, 0.15) is 24.2 Å². The van der Waals surface area contributed by atoms with E-state index in [4.69, 9.17) is 4.74 Å². The first-order valence-corrected chi connectivity index (χ1v) is 9.09. The second kappa shape index (κ2) is 8.56. The highest BCUT2D eigenvalue weighted by Crippen LogP contribution is 2.28. The Morgan fingerprint density at radius 1 is 0.967 bits per heavy atom. The maximum atomic E-state index is 12.3. The molecular weight excluding hydrogens is 390 g/mol. The number of carbonyl (C=O) groups is 5. The van der Waals surface area contributed by atoms with Gasteiger partial charge in [-0.2, -0.15) is 0 Å². The summed E-state index contributed by atoms with van der Waals surface area (Å²) < 4.78 is 5.11. The molecule has 2 aromatic carbocycles. The van der Waals surface area contributed by atoms with Gasteiger partial charge in [0.05, 0.1) is 11.3 Å². The number of hydrogen-bond acceptors (Lipinski definition) is 6. The summed E-state index contributed by atoms with van der Waals surface area (Å²) in [6, 6.07) is 12.7. The second-order valence-corrected chi connectivity index (χ2v) is 6.62. The van der Waals surface area contributed by atoms with Crippen LogP contribution >= 0.6 is 0 Å². The van der Waals surface area contributed by atoms with E-state index >= 15 is 0 Å². The largest absolute Gasteiger partial charge is 0.451 e. The Bertz CT molecular complexity index is 1030. The molecule has 3 rings (SSSR count). The summed E-state index contributed by atoms with van der Waals surface area (Å²) in [5.41, 5.74) is 1.58. The first-order chi connectivity index (χ1) is 14.3. The zero-order valence-electron chi connectivity index (χ0n) is 16.3. The second-order valence-electron chi connectivity index (χ2n) is 6.62. The molecule has 1 heterocycles. The van der Waals surface area contributed by atoms with Crippen LogP contribution in [0.4, 0.5) is 17.1 Å². The summed E-state index contributed by atoms with van der Waals surface area (Å²) >= 11 is 0. The normalized spacial score (nSPS) is 13.5. The van der Waals surface area contributed by atoms with Crippen molar-refractivity contribution >= 4 is 46.5 Å². The number of benzene rings is 2. The van der Waals surface area contributed by atoms with Crippen molar-refractivity contribution in [1.82, 2.24) is 0 Å². The van der Waals surface area contributed by atoms with Gasteiger partial charge in [0.25, 0.3) is 17.6 Å². The molecule has 0 saturated heterocycles. The molecule has 2 N–H and O–H groups in total. The lowest BCUT2D eigenvalue weighted by molar-refractivity contribution is -0.152. The number of fused-ring (bicyclic) bond motifs is 1. The van der Waals surface area contributed by atoms with Gasteiger partial charge in [0.2, 0.25) is 5.91 Å². The van der Waals surface area contributed by atoms with Gasteiger partial charge in [-0.1, -0.05) is 12.1 Å². The number of Topliss-reactive ketones (excluding diaryl/α,β-unsaturated/α-hetero) is 1. The highest BCUT2D eigenvalue weighted by molar-refractivity contribution is 6.52. The Kier molecular flexibility index (Phi) is 5.91. The Morgan fingerprint density at radius 3 is 2.20 bits per heavy atom. The zero-order valence-corrected chi connectivity index (χ0v) is 16.3. The maximum absolute atomic E-state index is 12.3. The van der Waals surface area contributed by atoms with Gasteiger partial charge in [-0.15, -0.1) is 0 Å². The fourth-order valence-corrected chi connectivity index (χ4v) is 2.91. The lowest BCUT2D eigenvalue weighted by Gasteiger charge is -2.18. The monoisotopic (exact) mass is 409 g/mol. The van der Waals surface area contributed by atoms with Gasteiger partial charge < -0.3 is 15.4 Å². The summed E-state index contributed by atoms with van der Waals surface area (Å²) in [5, 5.41) is 5.19. The smallest absolute Gasteiger partial charge is 0.326 e. The first-order valence-electron chi connectivity index (χ1n) is 9.09. The molecule has 0 aromatic heterocycles. The molecule has 1 aliphatic heterocycles. The summed E-state index contributed by atoms with van der Waals surface area (Å²) in [6.07, 6.45) is -1.13. The van der Waals surface area contributed by atoms with E-state index in [9.17, 15) is 24.0 Å². The molecule has 9 heteroatoms. The van der Waals surface area contributed by atoms with E-state index in [1.165, 1.54) is 19.9 Å². The van der Waals surface area contributed by atoms with E-state index < -0.39 is 36.2 Å².